The number of carbonyl (C=O) groups is 1. The van der Waals surface area contributed by atoms with Crippen LogP contribution in [0, 0.1) is 11.3 Å². The number of fused-ring (bicyclic) bond motifs is 1. The van der Waals surface area contributed by atoms with Crippen LogP contribution in [0.2, 0.25) is 0 Å². The van der Waals surface area contributed by atoms with Crippen LogP contribution in [0.1, 0.15) is 22.5 Å². The molecule has 2 aromatic heterocycles. The van der Waals surface area contributed by atoms with Crippen molar-refractivity contribution in [2.75, 3.05) is 6.54 Å². The van der Waals surface area contributed by atoms with Crippen molar-refractivity contribution in [1.29, 1.82) is 5.26 Å². The lowest BCUT2D eigenvalue weighted by molar-refractivity contribution is 0.0735. The smallest absolute Gasteiger partial charge is 0.254 e. The number of nitriles is 1. The van der Waals surface area contributed by atoms with E-state index < -0.39 is 0 Å². The summed E-state index contributed by atoms with van der Waals surface area (Å²) in [4.78, 5) is 19.0. The molecule has 1 amide bonds. The molecule has 0 saturated carbocycles. The van der Waals surface area contributed by atoms with Crippen LogP contribution in [-0.2, 0) is 6.54 Å². The molecule has 4 aromatic rings. The molecule has 0 aliphatic heterocycles. The van der Waals surface area contributed by atoms with E-state index in [0.29, 0.717) is 24.4 Å². The summed E-state index contributed by atoms with van der Waals surface area (Å²) in [6.07, 6.45) is 3.62. The average Bonchev–Trinajstić information content (AvgIpc) is 3.40. The Bertz CT molecular complexity index is 1120. The van der Waals surface area contributed by atoms with Crippen LogP contribution in [0.25, 0.3) is 16.7 Å². The van der Waals surface area contributed by atoms with Crippen LogP contribution in [0.15, 0.2) is 77.7 Å². The Morgan fingerprint density at radius 1 is 1.11 bits per heavy atom. The van der Waals surface area contributed by atoms with E-state index in [1.54, 1.807) is 35.7 Å². The van der Waals surface area contributed by atoms with Gasteiger partial charge < -0.3 is 9.32 Å². The molecule has 0 aliphatic rings. The predicted octanol–water partition coefficient (Wildman–Crippen LogP) is 4.17. The number of nitrogens with zero attached hydrogens (tertiary/aromatic N) is 4. The van der Waals surface area contributed by atoms with Crippen molar-refractivity contribution in [3.63, 3.8) is 0 Å². The summed E-state index contributed by atoms with van der Waals surface area (Å²) in [5.74, 6) is 0.557. The Morgan fingerprint density at radius 2 is 1.93 bits per heavy atom. The molecular formula is C22H18N4O2. The summed E-state index contributed by atoms with van der Waals surface area (Å²) in [6, 6.07) is 21.0. The van der Waals surface area contributed by atoms with Crippen LogP contribution in [0.4, 0.5) is 0 Å². The Labute approximate surface area is 162 Å². The van der Waals surface area contributed by atoms with Crippen LogP contribution in [0.3, 0.4) is 0 Å². The number of carbonyl (C=O) groups excluding carboxylic acids is 1. The van der Waals surface area contributed by atoms with E-state index in [4.69, 9.17) is 9.68 Å². The molecule has 0 radical (unpaired) electrons. The Hall–Kier alpha value is -3.85. The highest BCUT2D eigenvalue weighted by atomic mass is 16.3. The zero-order valence-electron chi connectivity index (χ0n) is 15.2. The Balaban J connectivity index is 1.57. The minimum atomic E-state index is -0.131. The highest BCUT2D eigenvalue weighted by Crippen LogP contribution is 2.19. The first-order valence-corrected chi connectivity index (χ1v) is 8.97. The Morgan fingerprint density at radius 3 is 2.68 bits per heavy atom. The van der Waals surface area contributed by atoms with Crippen LogP contribution < -0.4 is 0 Å². The predicted molar refractivity (Wildman–Crippen MR) is 105 cm³/mol. The fraction of sp³-hybridized carbons (Fsp3) is 0.136. The van der Waals surface area contributed by atoms with Gasteiger partial charge in [0.15, 0.2) is 0 Å². The summed E-state index contributed by atoms with van der Waals surface area (Å²) in [7, 11) is 0. The largest absolute Gasteiger partial charge is 0.467 e. The standard InChI is InChI=1S/C22H18N4O2/c23-12-4-13-25(15-19-5-3-14-28-19)22(27)17-8-10-18(11-9-17)26-16-24-20-6-1-2-7-21(20)26/h1-3,5-11,14,16H,4,13,15H2. The number of furan rings is 1. The van der Waals surface area contributed by atoms with E-state index in [1.165, 1.54) is 0 Å². The lowest BCUT2D eigenvalue weighted by Crippen LogP contribution is -2.31. The summed E-state index contributed by atoms with van der Waals surface area (Å²) in [5, 5.41) is 8.90. The van der Waals surface area contributed by atoms with Crippen molar-refractivity contribution in [2.45, 2.75) is 13.0 Å². The second-order valence-corrected chi connectivity index (χ2v) is 6.36. The third-order valence-electron chi connectivity index (χ3n) is 4.55. The molecular weight excluding hydrogens is 352 g/mol. The first-order valence-electron chi connectivity index (χ1n) is 8.97. The summed E-state index contributed by atoms with van der Waals surface area (Å²) < 4.78 is 7.34. The van der Waals surface area contributed by atoms with Crippen molar-refractivity contribution in [2.24, 2.45) is 0 Å². The number of rotatable bonds is 6. The number of amides is 1. The van der Waals surface area contributed by atoms with Gasteiger partial charge in [-0.3, -0.25) is 9.36 Å². The zero-order chi connectivity index (χ0) is 19.3. The summed E-state index contributed by atoms with van der Waals surface area (Å²) in [6.45, 7) is 0.686. The normalized spacial score (nSPS) is 10.7. The van der Waals surface area contributed by atoms with E-state index in [-0.39, 0.29) is 12.3 Å². The van der Waals surface area contributed by atoms with Gasteiger partial charge in [0, 0.05) is 17.8 Å². The van der Waals surface area contributed by atoms with Gasteiger partial charge in [-0.25, -0.2) is 4.98 Å². The van der Waals surface area contributed by atoms with Crippen LogP contribution in [0.5, 0.6) is 0 Å². The molecule has 0 spiro atoms. The fourth-order valence-electron chi connectivity index (χ4n) is 3.14. The second-order valence-electron chi connectivity index (χ2n) is 6.36. The number of aromatic nitrogens is 2. The maximum absolute atomic E-state index is 12.9. The maximum atomic E-state index is 12.9. The van der Waals surface area contributed by atoms with Gasteiger partial charge in [0.2, 0.25) is 0 Å². The first-order chi connectivity index (χ1) is 13.8. The molecule has 0 bridgehead atoms. The molecule has 6 heteroatoms. The molecule has 0 unspecified atom stereocenters. The maximum Gasteiger partial charge on any atom is 0.254 e. The van der Waals surface area contributed by atoms with E-state index in [2.05, 4.69) is 11.1 Å². The molecule has 28 heavy (non-hydrogen) atoms. The highest BCUT2D eigenvalue weighted by Gasteiger charge is 2.17. The van der Waals surface area contributed by atoms with Crippen molar-refractivity contribution >= 4 is 16.9 Å². The van der Waals surface area contributed by atoms with Gasteiger partial charge in [-0.15, -0.1) is 0 Å². The third-order valence-corrected chi connectivity index (χ3v) is 4.55. The molecule has 0 saturated heterocycles. The molecule has 2 heterocycles. The number of benzene rings is 2. The molecule has 0 aliphatic carbocycles. The quantitative estimate of drug-likeness (QED) is 0.510. The lowest BCUT2D eigenvalue weighted by Gasteiger charge is -2.20. The zero-order valence-corrected chi connectivity index (χ0v) is 15.2. The molecule has 0 fully saturated rings. The van der Waals surface area contributed by atoms with Gasteiger partial charge in [0.05, 0.1) is 36.3 Å². The minimum absolute atomic E-state index is 0.131. The molecule has 2 aromatic carbocycles. The number of imidazole rings is 1. The minimum Gasteiger partial charge on any atom is -0.467 e. The third kappa shape index (κ3) is 3.51. The molecule has 6 nitrogen and oxygen atoms in total. The monoisotopic (exact) mass is 370 g/mol. The number of para-hydroxylation sites is 2. The van der Waals surface area contributed by atoms with Gasteiger partial charge in [0.1, 0.15) is 12.1 Å². The van der Waals surface area contributed by atoms with Crippen molar-refractivity contribution in [3.8, 4) is 11.8 Å². The van der Waals surface area contributed by atoms with E-state index in [1.807, 2.05) is 47.0 Å². The SMILES string of the molecule is N#CCCN(Cc1ccco1)C(=O)c1ccc(-n2cnc3ccccc32)cc1. The van der Waals surface area contributed by atoms with Gasteiger partial charge in [-0.1, -0.05) is 12.1 Å². The van der Waals surface area contributed by atoms with Crippen LogP contribution in [-0.4, -0.2) is 26.9 Å². The fourth-order valence-corrected chi connectivity index (χ4v) is 3.14. The molecule has 138 valence electrons. The molecule has 0 N–H and O–H groups in total. The molecule has 0 atom stereocenters. The summed E-state index contributed by atoms with van der Waals surface area (Å²) in [5.41, 5.74) is 3.43. The molecule has 4 rings (SSSR count). The van der Waals surface area contributed by atoms with Gasteiger partial charge in [0.25, 0.3) is 5.91 Å². The van der Waals surface area contributed by atoms with Crippen molar-refractivity contribution < 1.29 is 9.21 Å². The average molecular weight is 370 g/mol. The van der Waals surface area contributed by atoms with Gasteiger partial charge >= 0.3 is 0 Å². The van der Waals surface area contributed by atoms with Crippen molar-refractivity contribution in [3.05, 3.63) is 84.6 Å². The number of hydrogen-bond acceptors (Lipinski definition) is 4. The topological polar surface area (TPSA) is 75.1 Å². The second kappa shape index (κ2) is 7.80. The highest BCUT2D eigenvalue weighted by molar-refractivity contribution is 5.94. The lowest BCUT2D eigenvalue weighted by atomic mass is 10.1. The first kappa shape index (κ1) is 17.6. The van der Waals surface area contributed by atoms with Crippen LogP contribution >= 0.6 is 0 Å². The van der Waals surface area contributed by atoms with E-state index in [9.17, 15) is 4.79 Å². The van der Waals surface area contributed by atoms with E-state index >= 15 is 0 Å². The van der Waals surface area contributed by atoms with Gasteiger partial charge in [-0.2, -0.15) is 5.26 Å². The summed E-state index contributed by atoms with van der Waals surface area (Å²) >= 11 is 0. The Kier molecular flexibility index (Phi) is 4.89. The van der Waals surface area contributed by atoms with Crippen molar-refractivity contribution in [1.82, 2.24) is 14.5 Å². The van der Waals surface area contributed by atoms with E-state index in [0.717, 1.165) is 16.7 Å². The van der Waals surface area contributed by atoms with Gasteiger partial charge in [-0.05, 0) is 48.5 Å². The number of hydrogen-bond donors (Lipinski definition) is 0.